The molecule has 1 fully saturated rings. The van der Waals surface area contributed by atoms with E-state index in [4.69, 9.17) is 4.74 Å². The minimum atomic E-state index is 0.313. The molecule has 15 heavy (non-hydrogen) atoms. The van der Waals surface area contributed by atoms with Crippen LogP contribution in [0.2, 0.25) is 0 Å². The Morgan fingerprint density at radius 1 is 1.60 bits per heavy atom. The molecule has 4 nitrogen and oxygen atoms in total. The van der Waals surface area contributed by atoms with Crippen molar-refractivity contribution in [1.82, 2.24) is 14.9 Å². The SMILES string of the molecule is COC1CC(NC(C)c2nccn2C)C1. The van der Waals surface area contributed by atoms with Gasteiger partial charge in [0.25, 0.3) is 0 Å². The zero-order valence-electron chi connectivity index (χ0n) is 9.60. The molecule has 0 radical (unpaired) electrons. The van der Waals surface area contributed by atoms with Gasteiger partial charge in [-0.2, -0.15) is 0 Å². The maximum Gasteiger partial charge on any atom is 0.125 e. The normalized spacial score (nSPS) is 27.4. The number of nitrogens with zero attached hydrogens (tertiary/aromatic N) is 2. The monoisotopic (exact) mass is 209 g/mol. The fourth-order valence-corrected chi connectivity index (χ4v) is 2.12. The molecule has 0 amide bonds. The van der Waals surface area contributed by atoms with Gasteiger partial charge >= 0.3 is 0 Å². The summed E-state index contributed by atoms with van der Waals surface area (Å²) >= 11 is 0. The van der Waals surface area contributed by atoms with Gasteiger partial charge in [-0.1, -0.05) is 0 Å². The Balaban J connectivity index is 1.84. The third-order valence-corrected chi connectivity index (χ3v) is 3.16. The van der Waals surface area contributed by atoms with Crippen LogP contribution in [0.4, 0.5) is 0 Å². The largest absolute Gasteiger partial charge is 0.381 e. The van der Waals surface area contributed by atoms with Crippen LogP contribution in [0.25, 0.3) is 0 Å². The second-order valence-corrected chi connectivity index (χ2v) is 4.31. The van der Waals surface area contributed by atoms with Gasteiger partial charge in [0.15, 0.2) is 0 Å². The average molecular weight is 209 g/mol. The van der Waals surface area contributed by atoms with E-state index in [-0.39, 0.29) is 0 Å². The van der Waals surface area contributed by atoms with Crippen molar-refractivity contribution in [2.45, 2.75) is 38.0 Å². The topological polar surface area (TPSA) is 39.1 Å². The Labute approximate surface area is 90.6 Å². The first-order chi connectivity index (χ1) is 7.20. The summed E-state index contributed by atoms with van der Waals surface area (Å²) in [7, 11) is 3.81. The van der Waals surface area contributed by atoms with Gasteiger partial charge in [-0.05, 0) is 19.8 Å². The number of methoxy groups -OCH3 is 1. The van der Waals surface area contributed by atoms with E-state index in [0.717, 1.165) is 18.7 Å². The Morgan fingerprint density at radius 2 is 2.33 bits per heavy atom. The van der Waals surface area contributed by atoms with Crippen molar-refractivity contribution in [2.24, 2.45) is 7.05 Å². The van der Waals surface area contributed by atoms with Gasteiger partial charge in [0.05, 0.1) is 12.1 Å². The predicted octanol–water partition coefficient (Wildman–Crippen LogP) is 1.25. The van der Waals surface area contributed by atoms with Crippen molar-refractivity contribution < 1.29 is 4.74 Å². The van der Waals surface area contributed by atoms with Gasteiger partial charge in [0.2, 0.25) is 0 Å². The lowest BCUT2D eigenvalue weighted by atomic mass is 9.88. The average Bonchev–Trinajstić information content (AvgIpc) is 2.56. The molecule has 4 heteroatoms. The molecule has 1 unspecified atom stereocenters. The van der Waals surface area contributed by atoms with Gasteiger partial charge in [-0.25, -0.2) is 4.98 Å². The minimum Gasteiger partial charge on any atom is -0.381 e. The second kappa shape index (κ2) is 4.33. The summed E-state index contributed by atoms with van der Waals surface area (Å²) in [6.45, 7) is 2.16. The molecule has 1 aromatic rings. The molecule has 1 atom stereocenters. The van der Waals surface area contributed by atoms with Crippen LogP contribution in [0.3, 0.4) is 0 Å². The van der Waals surface area contributed by atoms with E-state index in [0.29, 0.717) is 18.2 Å². The molecule has 0 aliphatic heterocycles. The number of hydrogen-bond acceptors (Lipinski definition) is 3. The maximum absolute atomic E-state index is 5.25. The second-order valence-electron chi connectivity index (χ2n) is 4.31. The Kier molecular flexibility index (Phi) is 3.07. The Hall–Kier alpha value is -0.870. The first-order valence-electron chi connectivity index (χ1n) is 5.46. The van der Waals surface area contributed by atoms with E-state index >= 15 is 0 Å². The smallest absolute Gasteiger partial charge is 0.125 e. The van der Waals surface area contributed by atoms with Crippen LogP contribution in [-0.4, -0.2) is 28.8 Å². The molecular formula is C11H19N3O. The van der Waals surface area contributed by atoms with Gasteiger partial charge in [0, 0.05) is 32.6 Å². The van der Waals surface area contributed by atoms with Crippen LogP contribution < -0.4 is 5.32 Å². The summed E-state index contributed by atoms with van der Waals surface area (Å²) in [5, 5.41) is 3.56. The molecule has 0 bridgehead atoms. The van der Waals surface area contributed by atoms with Crippen LogP contribution in [-0.2, 0) is 11.8 Å². The lowest BCUT2D eigenvalue weighted by molar-refractivity contribution is 0.0144. The molecule has 0 saturated heterocycles. The zero-order valence-corrected chi connectivity index (χ0v) is 9.60. The number of nitrogens with one attached hydrogen (secondary N) is 1. The van der Waals surface area contributed by atoms with E-state index < -0.39 is 0 Å². The van der Waals surface area contributed by atoms with Crippen molar-refractivity contribution >= 4 is 0 Å². The van der Waals surface area contributed by atoms with Crippen LogP contribution in [0, 0.1) is 0 Å². The molecule has 0 aromatic carbocycles. The summed E-state index contributed by atoms with van der Waals surface area (Å²) in [4.78, 5) is 4.34. The van der Waals surface area contributed by atoms with Crippen LogP contribution in [0.5, 0.6) is 0 Å². The molecule has 1 heterocycles. The first kappa shape index (κ1) is 10.6. The van der Waals surface area contributed by atoms with Crippen molar-refractivity contribution in [2.75, 3.05) is 7.11 Å². The highest BCUT2D eigenvalue weighted by Gasteiger charge is 2.30. The lowest BCUT2D eigenvalue weighted by Crippen LogP contribution is -2.46. The van der Waals surface area contributed by atoms with E-state index in [1.807, 2.05) is 19.4 Å². The van der Waals surface area contributed by atoms with Crippen molar-refractivity contribution in [3.63, 3.8) is 0 Å². The molecule has 1 aliphatic carbocycles. The number of aromatic nitrogens is 2. The molecular weight excluding hydrogens is 190 g/mol. The molecule has 1 N–H and O–H groups in total. The molecule has 0 spiro atoms. The standard InChI is InChI=1S/C11H19N3O/c1-8(11-12-4-5-14(11)2)13-9-6-10(7-9)15-3/h4-5,8-10,13H,6-7H2,1-3H3. The van der Waals surface area contributed by atoms with Crippen LogP contribution in [0.15, 0.2) is 12.4 Å². The fourth-order valence-electron chi connectivity index (χ4n) is 2.12. The number of aryl methyl sites for hydroxylation is 1. The van der Waals surface area contributed by atoms with Crippen molar-refractivity contribution in [3.8, 4) is 0 Å². The summed E-state index contributed by atoms with van der Waals surface area (Å²) in [5.74, 6) is 1.09. The molecule has 2 rings (SSSR count). The van der Waals surface area contributed by atoms with Crippen LogP contribution >= 0.6 is 0 Å². The summed E-state index contributed by atoms with van der Waals surface area (Å²) in [6, 6.07) is 0.898. The highest BCUT2D eigenvalue weighted by atomic mass is 16.5. The Bertz CT molecular complexity index is 317. The van der Waals surface area contributed by atoms with E-state index in [1.165, 1.54) is 0 Å². The molecule has 1 saturated carbocycles. The summed E-state index contributed by atoms with van der Waals surface area (Å²) in [5.41, 5.74) is 0. The van der Waals surface area contributed by atoms with Crippen molar-refractivity contribution in [3.05, 3.63) is 18.2 Å². The van der Waals surface area contributed by atoms with E-state index in [2.05, 4.69) is 21.8 Å². The molecule has 1 aromatic heterocycles. The van der Waals surface area contributed by atoms with Gasteiger partial charge in [-0.15, -0.1) is 0 Å². The van der Waals surface area contributed by atoms with E-state index in [9.17, 15) is 0 Å². The number of hydrogen-bond donors (Lipinski definition) is 1. The van der Waals surface area contributed by atoms with Crippen LogP contribution in [0.1, 0.15) is 31.6 Å². The van der Waals surface area contributed by atoms with Gasteiger partial charge in [0.1, 0.15) is 5.82 Å². The minimum absolute atomic E-state index is 0.313. The lowest BCUT2D eigenvalue weighted by Gasteiger charge is -2.36. The first-order valence-corrected chi connectivity index (χ1v) is 5.46. The van der Waals surface area contributed by atoms with E-state index in [1.54, 1.807) is 7.11 Å². The number of rotatable bonds is 4. The maximum atomic E-state index is 5.25. The van der Waals surface area contributed by atoms with Gasteiger partial charge < -0.3 is 14.6 Å². The third kappa shape index (κ3) is 2.21. The van der Waals surface area contributed by atoms with Gasteiger partial charge in [-0.3, -0.25) is 0 Å². The summed E-state index contributed by atoms with van der Waals surface area (Å²) in [6.07, 6.45) is 6.51. The molecule has 84 valence electrons. The summed E-state index contributed by atoms with van der Waals surface area (Å²) < 4.78 is 7.31. The zero-order chi connectivity index (χ0) is 10.8. The number of ether oxygens (including phenoxy) is 1. The van der Waals surface area contributed by atoms with Crippen molar-refractivity contribution in [1.29, 1.82) is 0 Å². The highest BCUT2D eigenvalue weighted by Crippen LogP contribution is 2.25. The highest BCUT2D eigenvalue weighted by molar-refractivity contribution is 4.99. The Morgan fingerprint density at radius 3 is 2.87 bits per heavy atom. The molecule has 1 aliphatic rings. The fraction of sp³-hybridized carbons (Fsp3) is 0.727. The number of imidazole rings is 1. The quantitative estimate of drug-likeness (QED) is 0.811. The predicted molar refractivity (Wildman–Crippen MR) is 58.6 cm³/mol. The third-order valence-electron chi connectivity index (χ3n) is 3.16.